The van der Waals surface area contributed by atoms with E-state index in [0.29, 0.717) is 18.9 Å². The van der Waals surface area contributed by atoms with Crippen molar-refractivity contribution < 1.29 is 42.5 Å². The molecule has 50 heavy (non-hydrogen) atoms. The third kappa shape index (κ3) is 16.5. The summed E-state index contributed by atoms with van der Waals surface area (Å²) < 4.78 is 35.2. The van der Waals surface area contributed by atoms with Gasteiger partial charge in [0.15, 0.2) is 0 Å². The van der Waals surface area contributed by atoms with Gasteiger partial charge in [0.1, 0.15) is 31.2 Å². The highest BCUT2D eigenvalue weighted by molar-refractivity contribution is 6.07. The van der Waals surface area contributed by atoms with Gasteiger partial charge in [0, 0.05) is 24.5 Å². The zero-order valence-electron chi connectivity index (χ0n) is 29.1. The minimum absolute atomic E-state index is 0.0320. The maximum absolute atomic E-state index is 13.9. The molecule has 12 heteroatoms. The summed E-state index contributed by atoms with van der Waals surface area (Å²) in [5, 5.41) is 7.85. The Morgan fingerprint density at radius 3 is 1.94 bits per heavy atom. The van der Waals surface area contributed by atoms with E-state index in [9.17, 15) is 23.6 Å². The van der Waals surface area contributed by atoms with Crippen molar-refractivity contribution in [1.82, 2.24) is 0 Å². The van der Waals surface area contributed by atoms with E-state index in [2.05, 4.69) is 16.0 Å². The van der Waals surface area contributed by atoms with E-state index in [1.54, 1.807) is 32.9 Å². The molecule has 0 heterocycles. The molecule has 3 aromatic carbocycles. The van der Waals surface area contributed by atoms with Gasteiger partial charge in [-0.25, -0.2) is 14.0 Å². The fourth-order valence-electron chi connectivity index (χ4n) is 4.63. The first-order valence-corrected chi connectivity index (χ1v) is 16.8. The van der Waals surface area contributed by atoms with Crippen molar-refractivity contribution in [2.75, 3.05) is 42.4 Å². The smallest absolute Gasteiger partial charge is 0.412 e. The number of nitrogens with one attached hydrogen (secondary N) is 3. The Labute approximate surface area is 293 Å². The molecule has 3 aromatic rings. The van der Waals surface area contributed by atoms with Crippen LogP contribution in [0, 0.1) is 5.82 Å². The fourth-order valence-corrected chi connectivity index (χ4v) is 4.63. The number of ether oxygens (including phenoxy) is 4. The van der Waals surface area contributed by atoms with E-state index >= 15 is 0 Å². The average molecular weight is 694 g/mol. The Hall–Kier alpha value is -4.81. The summed E-state index contributed by atoms with van der Waals surface area (Å²) >= 11 is 0. The number of carbonyl (C=O) groups excluding carboxylic acids is 4. The number of rotatable bonds is 20. The molecule has 0 fully saturated rings. The van der Waals surface area contributed by atoms with Gasteiger partial charge in [-0.05, 0) is 81.6 Å². The van der Waals surface area contributed by atoms with Crippen molar-refractivity contribution in [3.63, 3.8) is 0 Å². The number of amides is 3. The minimum atomic E-state index is -0.786. The number of hydrogen-bond acceptors (Lipinski definition) is 8. The second kappa shape index (κ2) is 21.3. The molecule has 0 radical (unpaired) electrons. The van der Waals surface area contributed by atoms with Gasteiger partial charge in [-0.15, -0.1) is 0 Å². The number of benzene rings is 3. The second-order valence-corrected chi connectivity index (χ2v) is 12.6. The van der Waals surface area contributed by atoms with Crippen LogP contribution >= 0.6 is 0 Å². The van der Waals surface area contributed by atoms with Gasteiger partial charge >= 0.3 is 12.1 Å². The maximum atomic E-state index is 13.9. The number of hydrogen-bond donors (Lipinski definition) is 3. The van der Waals surface area contributed by atoms with E-state index in [1.807, 2.05) is 30.3 Å². The van der Waals surface area contributed by atoms with Crippen LogP contribution in [0.15, 0.2) is 72.8 Å². The van der Waals surface area contributed by atoms with Crippen LogP contribution in [0.2, 0.25) is 0 Å². The number of halogens is 1. The maximum Gasteiger partial charge on any atom is 0.412 e. The topological polar surface area (TPSA) is 141 Å². The molecule has 3 N–H and O–H groups in total. The largest absolute Gasteiger partial charge is 0.459 e. The van der Waals surface area contributed by atoms with E-state index < -0.39 is 23.4 Å². The lowest BCUT2D eigenvalue weighted by atomic mass is 10.1. The van der Waals surface area contributed by atoms with Crippen molar-refractivity contribution in [3.05, 3.63) is 89.7 Å². The summed E-state index contributed by atoms with van der Waals surface area (Å²) in [5.74, 6) is -1.76. The summed E-state index contributed by atoms with van der Waals surface area (Å²) in [6, 6.07) is 19.4. The predicted octanol–water partition coefficient (Wildman–Crippen LogP) is 7.87. The van der Waals surface area contributed by atoms with E-state index in [1.165, 1.54) is 18.2 Å². The zero-order chi connectivity index (χ0) is 36.2. The van der Waals surface area contributed by atoms with Gasteiger partial charge in [-0.3, -0.25) is 14.9 Å². The summed E-state index contributed by atoms with van der Waals surface area (Å²) in [6.45, 7) is 6.25. The first-order chi connectivity index (χ1) is 24.0. The Morgan fingerprint density at radius 2 is 1.30 bits per heavy atom. The van der Waals surface area contributed by atoms with Crippen molar-refractivity contribution in [2.24, 2.45) is 0 Å². The molecule has 11 nitrogen and oxygen atoms in total. The van der Waals surface area contributed by atoms with Crippen molar-refractivity contribution in [2.45, 2.75) is 77.9 Å². The Morgan fingerprint density at radius 1 is 0.680 bits per heavy atom. The number of anilines is 3. The lowest BCUT2D eigenvalue weighted by Gasteiger charge is -2.20. The summed E-state index contributed by atoms with van der Waals surface area (Å²) in [7, 11) is 0. The van der Waals surface area contributed by atoms with E-state index in [-0.39, 0.29) is 48.6 Å². The molecule has 0 spiro atoms. The molecule has 0 unspecified atom stereocenters. The van der Waals surface area contributed by atoms with Gasteiger partial charge in [-0.1, -0.05) is 62.4 Å². The summed E-state index contributed by atoms with van der Waals surface area (Å²) in [5.41, 5.74) is 1.21. The highest BCUT2D eigenvalue weighted by atomic mass is 19.1. The van der Waals surface area contributed by atoms with E-state index in [4.69, 9.17) is 18.9 Å². The number of unbranched alkanes of at least 4 members (excludes halogenated alkanes) is 6. The van der Waals surface area contributed by atoms with Crippen LogP contribution in [0.3, 0.4) is 0 Å². The quantitative estimate of drug-likeness (QED) is 0.0802. The van der Waals surface area contributed by atoms with E-state index in [0.717, 1.165) is 62.6 Å². The molecule has 3 amide bonds. The second-order valence-electron chi connectivity index (χ2n) is 12.6. The molecule has 0 aliphatic carbocycles. The highest BCUT2D eigenvalue weighted by Gasteiger charge is 2.18. The molecular formula is C38H48FN3O8. The van der Waals surface area contributed by atoms with Crippen LogP contribution in [-0.4, -0.2) is 55.9 Å². The molecule has 0 atom stereocenters. The van der Waals surface area contributed by atoms with Crippen molar-refractivity contribution in [1.29, 1.82) is 0 Å². The van der Waals surface area contributed by atoms with Crippen LogP contribution in [0.4, 0.5) is 26.2 Å². The SMILES string of the molecule is CC(C)(C)OC(=O)Nc1cc(F)ccc1NC(=O)c1ccc(NC(=O)COCCCCCCCCCOCC(=O)OCc2ccccc2)cc1. The molecule has 0 aromatic heterocycles. The van der Waals surface area contributed by atoms with Crippen LogP contribution in [0.5, 0.6) is 0 Å². The monoisotopic (exact) mass is 693 g/mol. The first-order valence-electron chi connectivity index (χ1n) is 16.8. The Bertz CT molecular complexity index is 1510. The summed E-state index contributed by atoms with van der Waals surface area (Å²) in [6.07, 6.45) is 6.26. The van der Waals surface area contributed by atoms with Crippen LogP contribution in [-0.2, 0) is 35.1 Å². The Balaban J connectivity index is 1.21. The standard InChI is InChI=1S/C38H48FN3O8/c1-38(2,3)50-37(46)42-33-24-30(39)18-21-32(33)41-36(45)29-16-19-31(20-17-29)40-34(43)26-47-22-12-7-5-4-6-8-13-23-48-27-35(44)49-25-28-14-10-9-11-15-28/h9-11,14-21,24H,4-8,12-13,22-23,25-27H2,1-3H3,(H,40,43)(H,41,45)(H,42,46). The number of carbonyl (C=O) groups is 4. The summed E-state index contributed by atoms with van der Waals surface area (Å²) in [4.78, 5) is 49.1. The third-order valence-corrected chi connectivity index (χ3v) is 7.07. The van der Waals surface area contributed by atoms with Crippen LogP contribution in [0.25, 0.3) is 0 Å². The van der Waals surface area contributed by atoms with Gasteiger partial charge in [-0.2, -0.15) is 0 Å². The molecule has 0 aliphatic heterocycles. The van der Waals surface area contributed by atoms with Gasteiger partial charge in [0.25, 0.3) is 5.91 Å². The normalized spacial score (nSPS) is 11.0. The van der Waals surface area contributed by atoms with Crippen LogP contribution < -0.4 is 16.0 Å². The molecule has 0 bridgehead atoms. The van der Waals surface area contributed by atoms with Gasteiger partial charge < -0.3 is 29.6 Å². The molecule has 3 rings (SSSR count). The van der Waals surface area contributed by atoms with Crippen molar-refractivity contribution in [3.8, 4) is 0 Å². The van der Waals surface area contributed by atoms with Gasteiger partial charge in [0.2, 0.25) is 5.91 Å². The number of esters is 1. The fraction of sp³-hybridized carbons (Fsp3) is 0.421. The average Bonchev–Trinajstić information content (AvgIpc) is 3.07. The minimum Gasteiger partial charge on any atom is -0.459 e. The zero-order valence-corrected chi connectivity index (χ0v) is 29.1. The third-order valence-electron chi connectivity index (χ3n) is 7.07. The first kappa shape index (κ1) is 39.6. The molecule has 0 aliphatic rings. The lowest BCUT2D eigenvalue weighted by Crippen LogP contribution is -2.27. The van der Waals surface area contributed by atoms with Crippen molar-refractivity contribution >= 4 is 40.9 Å². The molecule has 0 saturated carbocycles. The molecule has 270 valence electrons. The lowest BCUT2D eigenvalue weighted by molar-refractivity contribution is -0.150. The van der Waals surface area contributed by atoms with Crippen LogP contribution in [0.1, 0.15) is 81.6 Å². The predicted molar refractivity (Wildman–Crippen MR) is 189 cm³/mol. The molecule has 0 saturated heterocycles. The molecular weight excluding hydrogens is 645 g/mol. The highest BCUT2D eigenvalue weighted by Crippen LogP contribution is 2.25. The van der Waals surface area contributed by atoms with Gasteiger partial charge in [0.05, 0.1) is 11.4 Å². The Kier molecular flexibility index (Phi) is 16.9.